The van der Waals surface area contributed by atoms with Crippen molar-refractivity contribution in [1.82, 2.24) is 19.7 Å². The van der Waals surface area contributed by atoms with Crippen LogP contribution < -0.4 is 4.74 Å². The molecule has 2 aromatic carbocycles. The molecule has 1 aromatic heterocycles. The summed E-state index contributed by atoms with van der Waals surface area (Å²) in [5.41, 5.74) is 0.668. The summed E-state index contributed by atoms with van der Waals surface area (Å²) in [6.45, 7) is 5.84. The van der Waals surface area contributed by atoms with Crippen LogP contribution in [-0.4, -0.2) is 76.3 Å². The van der Waals surface area contributed by atoms with Gasteiger partial charge in [-0.3, -0.25) is 14.5 Å². The number of hydrogen-bond donors (Lipinski definition) is 0. The van der Waals surface area contributed by atoms with Crippen LogP contribution in [-0.2, 0) is 0 Å². The van der Waals surface area contributed by atoms with Crippen molar-refractivity contribution in [3.63, 3.8) is 0 Å². The average Bonchev–Trinajstić information content (AvgIpc) is 3.34. The lowest BCUT2D eigenvalue weighted by Crippen LogP contribution is -2.66. The molecule has 7 nitrogen and oxygen atoms in total. The number of amides is 2. The second-order valence-corrected chi connectivity index (χ2v) is 9.38. The van der Waals surface area contributed by atoms with E-state index in [1.165, 1.54) is 11.3 Å². The molecule has 2 saturated heterocycles. The first-order valence-electron chi connectivity index (χ1n) is 11.2. The van der Waals surface area contributed by atoms with E-state index in [2.05, 4.69) is 16.8 Å². The van der Waals surface area contributed by atoms with Crippen LogP contribution in [0.3, 0.4) is 0 Å². The maximum absolute atomic E-state index is 12.9. The molecule has 0 aliphatic carbocycles. The van der Waals surface area contributed by atoms with Crippen molar-refractivity contribution in [3.05, 3.63) is 76.7 Å². The molecule has 0 bridgehead atoms. The van der Waals surface area contributed by atoms with E-state index in [0.717, 1.165) is 18.8 Å². The minimum atomic E-state index is 0.0160. The zero-order chi connectivity index (χ0) is 22.8. The Hall–Kier alpha value is -3.23. The second kappa shape index (κ2) is 9.33. The van der Waals surface area contributed by atoms with Crippen molar-refractivity contribution in [1.29, 1.82) is 0 Å². The molecule has 3 heterocycles. The number of hydrogen-bond acceptors (Lipinski definition) is 6. The van der Waals surface area contributed by atoms with Gasteiger partial charge >= 0.3 is 0 Å². The fourth-order valence-electron chi connectivity index (χ4n) is 4.40. The highest BCUT2D eigenvalue weighted by atomic mass is 32.1. The van der Waals surface area contributed by atoms with Crippen molar-refractivity contribution in [2.75, 3.05) is 32.7 Å². The average molecular weight is 463 g/mol. The normalized spacial score (nSPS) is 19.2. The highest BCUT2D eigenvalue weighted by Gasteiger charge is 2.39. The number of para-hydroxylation sites is 1. The summed E-state index contributed by atoms with van der Waals surface area (Å²) in [6, 6.07) is 17.3. The summed E-state index contributed by atoms with van der Waals surface area (Å²) >= 11 is 1.38. The maximum atomic E-state index is 12.9. The molecule has 2 fully saturated rings. The summed E-state index contributed by atoms with van der Waals surface area (Å²) in [7, 11) is 0. The third kappa shape index (κ3) is 4.62. The molecule has 2 aliphatic rings. The van der Waals surface area contributed by atoms with Gasteiger partial charge in [0.1, 0.15) is 11.5 Å². The Labute approximate surface area is 197 Å². The fraction of sp³-hybridized carbons (Fsp3) is 0.320. The molecule has 1 atom stereocenters. The van der Waals surface area contributed by atoms with Gasteiger partial charge in [0, 0.05) is 61.9 Å². The van der Waals surface area contributed by atoms with Gasteiger partial charge in [-0.05, 0) is 43.3 Å². The molecule has 3 aromatic rings. The summed E-state index contributed by atoms with van der Waals surface area (Å²) in [5.74, 6) is 1.54. The van der Waals surface area contributed by atoms with Crippen LogP contribution in [0.25, 0.3) is 0 Å². The van der Waals surface area contributed by atoms with E-state index < -0.39 is 0 Å². The van der Waals surface area contributed by atoms with Crippen LogP contribution in [0.5, 0.6) is 11.5 Å². The highest BCUT2D eigenvalue weighted by molar-refractivity contribution is 7.11. The third-order valence-corrected chi connectivity index (χ3v) is 7.04. The highest BCUT2D eigenvalue weighted by Crippen LogP contribution is 2.25. The third-order valence-electron chi connectivity index (χ3n) is 6.28. The minimum Gasteiger partial charge on any atom is -0.457 e. The molecule has 2 aliphatic heterocycles. The SMILES string of the molecule is CC1CN(C2CN(C(=O)c3ccc(Oc4ccccc4)cc3)C2)CCN1C(=O)c1nccs1. The van der Waals surface area contributed by atoms with Crippen LogP contribution >= 0.6 is 11.3 Å². The Morgan fingerprint density at radius 2 is 1.67 bits per heavy atom. The lowest BCUT2D eigenvalue weighted by atomic mass is 10.0. The first-order valence-corrected chi connectivity index (χ1v) is 12.0. The number of thiazole rings is 1. The standard InChI is InChI=1S/C25H26N4O3S/c1-18-15-27(12-13-29(18)25(31)23-26-11-14-33-23)20-16-28(17-20)24(30)19-7-9-22(10-8-19)32-21-5-3-2-4-6-21/h2-11,14,18,20H,12-13,15-17H2,1H3. The molecule has 8 heteroatoms. The fourth-order valence-corrected chi connectivity index (χ4v) is 4.99. The van der Waals surface area contributed by atoms with E-state index in [4.69, 9.17) is 4.74 Å². The molecule has 0 spiro atoms. The number of ether oxygens (including phenoxy) is 1. The number of carbonyl (C=O) groups excluding carboxylic acids is 2. The first-order chi connectivity index (χ1) is 16.1. The van der Waals surface area contributed by atoms with Gasteiger partial charge in [0.05, 0.1) is 0 Å². The number of likely N-dealkylation sites (tertiary alicyclic amines) is 1. The molecule has 1 unspecified atom stereocenters. The minimum absolute atomic E-state index is 0.0160. The van der Waals surface area contributed by atoms with Crippen molar-refractivity contribution in [2.24, 2.45) is 0 Å². The van der Waals surface area contributed by atoms with Crippen LogP contribution in [0, 0.1) is 0 Å². The van der Waals surface area contributed by atoms with Gasteiger partial charge in [-0.25, -0.2) is 4.98 Å². The van der Waals surface area contributed by atoms with E-state index >= 15 is 0 Å². The molecule has 5 rings (SSSR count). The van der Waals surface area contributed by atoms with Gasteiger partial charge in [-0.1, -0.05) is 18.2 Å². The Bertz CT molecular complexity index is 1100. The predicted molar refractivity (Wildman–Crippen MR) is 127 cm³/mol. The van der Waals surface area contributed by atoms with Crippen molar-refractivity contribution < 1.29 is 14.3 Å². The van der Waals surface area contributed by atoms with Crippen LogP contribution in [0.1, 0.15) is 27.1 Å². The lowest BCUT2D eigenvalue weighted by molar-refractivity contribution is -0.00415. The number of rotatable bonds is 5. The number of aromatic nitrogens is 1. The van der Waals surface area contributed by atoms with Gasteiger partial charge in [0.15, 0.2) is 5.01 Å². The van der Waals surface area contributed by atoms with E-state index in [9.17, 15) is 9.59 Å². The first kappa shape index (κ1) is 21.6. The summed E-state index contributed by atoms with van der Waals surface area (Å²) in [4.78, 5) is 35.9. The Kier molecular flexibility index (Phi) is 6.11. The zero-order valence-electron chi connectivity index (χ0n) is 18.5. The van der Waals surface area contributed by atoms with E-state index in [1.54, 1.807) is 6.20 Å². The van der Waals surface area contributed by atoms with Crippen LogP contribution in [0.15, 0.2) is 66.2 Å². The van der Waals surface area contributed by atoms with E-state index in [1.807, 2.05) is 69.8 Å². The monoisotopic (exact) mass is 462 g/mol. The summed E-state index contributed by atoms with van der Waals surface area (Å²) in [5, 5.41) is 2.38. The molecule has 2 amide bonds. The Morgan fingerprint density at radius 3 is 2.33 bits per heavy atom. The van der Waals surface area contributed by atoms with Gasteiger partial charge in [0.2, 0.25) is 0 Å². The van der Waals surface area contributed by atoms with Gasteiger partial charge in [-0.2, -0.15) is 0 Å². The molecular weight excluding hydrogens is 436 g/mol. The van der Waals surface area contributed by atoms with Crippen LogP contribution in [0.4, 0.5) is 0 Å². The van der Waals surface area contributed by atoms with Crippen molar-refractivity contribution >= 4 is 23.2 Å². The summed E-state index contributed by atoms with van der Waals surface area (Å²) < 4.78 is 5.81. The molecule has 0 saturated carbocycles. The van der Waals surface area contributed by atoms with Crippen molar-refractivity contribution in [2.45, 2.75) is 19.0 Å². The molecule has 0 radical (unpaired) electrons. The smallest absolute Gasteiger partial charge is 0.283 e. The number of carbonyl (C=O) groups is 2. The maximum Gasteiger partial charge on any atom is 0.283 e. The molecule has 170 valence electrons. The van der Waals surface area contributed by atoms with Gasteiger partial charge in [0.25, 0.3) is 11.8 Å². The second-order valence-electron chi connectivity index (χ2n) is 8.48. The number of nitrogens with zero attached hydrogens (tertiary/aromatic N) is 4. The van der Waals surface area contributed by atoms with E-state index in [-0.39, 0.29) is 17.9 Å². The number of piperazine rings is 1. The molecular formula is C25H26N4O3S. The molecule has 33 heavy (non-hydrogen) atoms. The summed E-state index contributed by atoms with van der Waals surface area (Å²) in [6.07, 6.45) is 1.67. The Morgan fingerprint density at radius 1 is 0.939 bits per heavy atom. The van der Waals surface area contributed by atoms with Gasteiger partial charge in [-0.15, -0.1) is 11.3 Å². The Balaban J connectivity index is 1.12. The zero-order valence-corrected chi connectivity index (χ0v) is 19.3. The quantitative estimate of drug-likeness (QED) is 0.580. The topological polar surface area (TPSA) is 66.0 Å². The molecule has 0 N–H and O–H groups in total. The lowest BCUT2D eigenvalue weighted by Gasteiger charge is -2.49. The van der Waals surface area contributed by atoms with Crippen LogP contribution in [0.2, 0.25) is 0 Å². The predicted octanol–water partition coefficient (Wildman–Crippen LogP) is 3.61. The number of benzene rings is 2. The van der Waals surface area contributed by atoms with Crippen molar-refractivity contribution in [3.8, 4) is 11.5 Å². The van der Waals surface area contributed by atoms with E-state index in [0.29, 0.717) is 42.0 Å². The van der Waals surface area contributed by atoms with Gasteiger partial charge < -0.3 is 14.5 Å². The largest absolute Gasteiger partial charge is 0.457 e.